The molecule has 4 nitrogen and oxygen atoms in total. The summed E-state index contributed by atoms with van der Waals surface area (Å²) in [6.45, 7) is 5.05. The highest BCUT2D eigenvalue weighted by atomic mass is 16.5. The Morgan fingerprint density at radius 1 is 1.50 bits per heavy atom. The van der Waals surface area contributed by atoms with E-state index in [9.17, 15) is 4.79 Å². The molecular weight excluding hydrogens is 182 g/mol. The Morgan fingerprint density at radius 2 is 2.14 bits per heavy atom. The fraction of sp³-hybridized carbons (Fsp3) is 0.900. The second-order valence-corrected chi connectivity index (χ2v) is 3.71. The molecule has 0 spiro atoms. The average Bonchev–Trinajstić information content (AvgIpc) is 2.15. The van der Waals surface area contributed by atoms with Crippen molar-refractivity contribution in [3.63, 3.8) is 0 Å². The molecule has 84 valence electrons. The van der Waals surface area contributed by atoms with E-state index in [1.54, 1.807) is 0 Å². The summed E-state index contributed by atoms with van der Waals surface area (Å²) in [5, 5.41) is 11.9. The molecule has 0 bridgehead atoms. The number of carbonyl (C=O) groups excluding carboxylic acids is 1. The molecule has 0 radical (unpaired) electrons. The third-order valence-corrected chi connectivity index (χ3v) is 2.14. The van der Waals surface area contributed by atoms with Gasteiger partial charge in [-0.3, -0.25) is 4.79 Å². The van der Waals surface area contributed by atoms with Crippen LogP contribution in [-0.2, 0) is 9.53 Å². The molecule has 0 aliphatic carbocycles. The Hall–Kier alpha value is -0.610. The van der Waals surface area contributed by atoms with Crippen LogP contribution in [0.15, 0.2) is 0 Å². The largest absolute Gasteiger partial charge is 0.469 e. The molecule has 4 heteroatoms. The van der Waals surface area contributed by atoms with Crippen LogP contribution in [0.25, 0.3) is 0 Å². The van der Waals surface area contributed by atoms with Crippen LogP contribution in [0.3, 0.4) is 0 Å². The topological polar surface area (TPSA) is 58.6 Å². The highest BCUT2D eigenvalue weighted by Crippen LogP contribution is 2.00. The predicted octanol–water partition coefficient (Wildman–Crippen LogP) is 0.546. The van der Waals surface area contributed by atoms with Crippen LogP contribution in [0, 0.1) is 5.92 Å². The molecule has 0 amide bonds. The zero-order valence-electron chi connectivity index (χ0n) is 9.25. The molecule has 0 aliphatic rings. The Morgan fingerprint density at radius 3 is 2.64 bits per heavy atom. The number of aliphatic hydroxyl groups excluding tert-OH is 1. The first kappa shape index (κ1) is 13.4. The molecule has 0 aromatic carbocycles. The van der Waals surface area contributed by atoms with Crippen LogP contribution >= 0.6 is 0 Å². The van der Waals surface area contributed by atoms with Crippen molar-refractivity contribution in [3.8, 4) is 0 Å². The molecule has 2 unspecified atom stereocenters. The summed E-state index contributed by atoms with van der Waals surface area (Å²) in [6, 6.07) is 0.128. The molecule has 0 saturated carbocycles. The summed E-state index contributed by atoms with van der Waals surface area (Å²) >= 11 is 0. The van der Waals surface area contributed by atoms with E-state index in [0.29, 0.717) is 12.3 Å². The Balaban J connectivity index is 3.52. The summed E-state index contributed by atoms with van der Waals surface area (Å²) in [6.07, 6.45) is 1.18. The molecule has 0 saturated heterocycles. The van der Waals surface area contributed by atoms with Gasteiger partial charge in [0.25, 0.3) is 0 Å². The van der Waals surface area contributed by atoms with Crippen LogP contribution in [0.4, 0.5) is 0 Å². The number of nitrogens with one attached hydrogen (secondary N) is 1. The van der Waals surface area contributed by atoms with Gasteiger partial charge in [0, 0.05) is 12.6 Å². The molecule has 0 fully saturated rings. The van der Waals surface area contributed by atoms with E-state index in [-0.39, 0.29) is 18.6 Å². The van der Waals surface area contributed by atoms with E-state index in [0.717, 1.165) is 13.0 Å². The number of aliphatic hydroxyl groups is 1. The van der Waals surface area contributed by atoms with Gasteiger partial charge in [-0.15, -0.1) is 0 Å². The van der Waals surface area contributed by atoms with Gasteiger partial charge in [-0.2, -0.15) is 0 Å². The lowest BCUT2D eigenvalue weighted by Crippen LogP contribution is -2.32. The Kier molecular flexibility index (Phi) is 7.42. The van der Waals surface area contributed by atoms with Crippen LogP contribution in [0.2, 0.25) is 0 Å². The summed E-state index contributed by atoms with van der Waals surface area (Å²) in [7, 11) is 1.39. The van der Waals surface area contributed by atoms with Crippen molar-refractivity contribution in [2.24, 2.45) is 5.92 Å². The fourth-order valence-corrected chi connectivity index (χ4v) is 1.13. The van der Waals surface area contributed by atoms with Crippen molar-refractivity contribution >= 4 is 5.97 Å². The maximum Gasteiger partial charge on any atom is 0.307 e. The number of rotatable bonds is 7. The minimum absolute atomic E-state index is 0.128. The van der Waals surface area contributed by atoms with Gasteiger partial charge in [-0.25, -0.2) is 0 Å². The van der Waals surface area contributed by atoms with Gasteiger partial charge in [0.15, 0.2) is 0 Å². The second-order valence-electron chi connectivity index (χ2n) is 3.71. The number of hydrogen-bond acceptors (Lipinski definition) is 4. The number of ether oxygens (including phenoxy) is 1. The summed E-state index contributed by atoms with van der Waals surface area (Å²) in [5.41, 5.74) is 0. The van der Waals surface area contributed by atoms with E-state index >= 15 is 0 Å². The normalized spacial score (nSPS) is 14.9. The third kappa shape index (κ3) is 6.86. The maximum absolute atomic E-state index is 10.9. The van der Waals surface area contributed by atoms with Gasteiger partial charge >= 0.3 is 5.97 Å². The monoisotopic (exact) mass is 203 g/mol. The van der Waals surface area contributed by atoms with E-state index in [2.05, 4.69) is 17.0 Å². The molecular formula is C10H21NO3. The highest BCUT2D eigenvalue weighted by molar-refractivity contribution is 5.69. The highest BCUT2D eigenvalue weighted by Gasteiger charge is 2.09. The van der Waals surface area contributed by atoms with Crippen molar-refractivity contribution in [2.45, 2.75) is 32.7 Å². The molecule has 2 atom stereocenters. The Bertz CT molecular complexity index is 161. The van der Waals surface area contributed by atoms with Gasteiger partial charge in [-0.1, -0.05) is 6.92 Å². The lowest BCUT2D eigenvalue weighted by molar-refractivity contribution is -0.141. The van der Waals surface area contributed by atoms with Crippen molar-refractivity contribution < 1.29 is 14.6 Å². The minimum Gasteiger partial charge on any atom is -0.469 e. The number of methoxy groups -OCH3 is 1. The fourth-order valence-electron chi connectivity index (χ4n) is 1.13. The lowest BCUT2D eigenvalue weighted by atomic mass is 10.1. The van der Waals surface area contributed by atoms with Crippen LogP contribution in [-0.4, -0.2) is 37.4 Å². The molecule has 0 aromatic rings. The van der Waals surface area contributed by atoms with E-state index in [1.165, 1.54) is 7.11 Å². The first-order valence-electron chi connectivity index (χ1n) is 5.01. The molecule has 2 N–H and O–H groups in total. The van der Waals surface area contributed by atoms with Gasteiger partial charge < -0.3 is 15.2 Å². The first-order valence-corrected chi connectivity index (χ1v) is 5.01. The molecule has 0 aliphatic heterocycles. The zero-order chi connectivity index (χ0) is 11.0. The van der Waals surface area contributed by atoms with E-state index < -0.39 is 0 Å². The summed E-state index contributed by atoms with van der Waals surface area (Å²) in [5.74, 6) is 0.236. The minimum atomic E-state index is -0.195. The number of esters is 1. The number of carbonyl (C=O) groups is 1. The van der Waals surface area contributed by atoms with Gasteiger partial charge in [0.1, 0.15) is 0 Å². The second kappa shape index (κ2) is 7.76. The van der Waals surface area contributed by atoms with E-state index in [4.69, 9.17) is 5.11 Å². The van der Waals surface area contributed by atoms with Gasteiger partial charge in [0.2, 0.25) is 0 Å². The quantitative estimate of drug-likeness (QED) is 0.593. The number of hydrogen-bond donors (Lipinski definition) is 2. The SMILES string of the molecule is COC(=O)CC(C)NCC(C)CCO. The Labute approximate surface area is 85.6 Å². The molecule has 0 heterocycles. The summed E-state index contributed by atoms with van der Waals surface area (Å²) in [4.78, 5) is 10.9. The van der Waals surface area contributed by atoms with E-state index in [1.807, 2.05) is 6.92 Å². The third-order valence-electron chi connectivity index (χ3n) is 2.14. The van der Waals surface area contributed by atoms with Crippen molar-refractivity contribution in [3.05, 3.63) is 0 Å². The molecule has 14 heavy (non-hydrogen) atoms. The van der Waals surface area contributed by atoms with Gasteiger partial charge in [0.05, 0.1) is 13.5 Å². The first-order chi connectivity index (χ1) is 6.60. The van der Waals surface area contributed by atoms with Crippen LogP contribution < -0.4 is 5.32 Å². The lowest BCUT2D eigenvalue weighted by Gasteiger charge is -2.16. The smallest absolute Gasteiger partial charge is 0.307 e. The molecule has 0 rings (SSSR count). The standard InChI is InChI=1S/C10H21NO3/c1-8(4-5-12)7-11-9(2)6-10(13)14-3/h8-9,11-12H,4-7H2,1-3H3. The van der Waals surface area contributed by atoms with Crippen molar-refractivity contribution in [1.82, 2.24) is 5.32 Å². The zero-order valence-corrected chi connectivity index (χ0v) is 9.25. The van der Waals surface area contributed by atoms with Crippen molar-refractivity contribution in [1.29, 1.82) is 0 Å². The average molecular weight is 203 g/mol. The summed E-state index contributed by atoms with van der Waals surface area (Å²) < 4.78 is 4.56. The van der Waals surface area contributed by atoms with Gasteiger partial charge in [-0.05, 0) is 25.8 Å². The van der Waals surface area contributed by atoms with Crippen molar-refractivity contribution in [2.75, 3.05) is 20.3 Å². The molecule has 0 aromatic heterocycles. The maximum atomic E-state index is 10.9. The van der Waals surface area contributed by atoms with Crippen LogP contribution in [0.1, 0.15) is 26.7 Å². The van der Waals surface area contributed by atoms with Crippen LogP contribution in [0.5, 0.6) is 0 Å². The predicted molar refractivity (Wildman–Crippen MR) is 55.0 cm³/mol.